The van der Waals surface area contributed by atoms with Crippen LogP contribution in [0.5, 0.6) is 0 Å². The van der Waals surface area contributed by atoms with Gasteiger partial charge in [0.25, 0.3) is 0 Å². The number of piperidine rings is 1. The zero-order valence-electron chi connectivity index (χ0n) is 11.6. The molecule has 0 aromatic heterocycles. The average Bonchev–Trinajstić information content (AvgIpc) is 2.41. The highest BCUT2D eigenvalue weighted by atomic mass is 15.1. The fraction of sp³-hybridized carbons (Fsp3) is 0.600. The number of nitrogens with zero attached hydrogens (tertiary/aromatic N) is 3. The molecule has 0 bridgehead atoms. The van der Waals surface area contributed by atoms with Crippen molar-refractivity contribution in [1.29, 1.82) is 5.39 Å². The molecule has 1 aromatic rings. The molecule has 0 atom stereocenters. The van der Waals surface area contributed by atoms with Crippen LogP contribution in [-0.4, -0.2) is 13.1 Å². The minimum absolute atomic E-state index is 0.680. The second-order valence-corrected chi connectivity index (χ2v) is 5.36. The zero-order chi connectivity index (χ0) is 13.1. The minimum Gasteiger partial charge on any atom is -0.371 e. The molecule has 2 rings (SSSR count). The molecule has 96 valence electrons. The van der Waals surface area contributed by atoms with Crippen molar-refractivity contribution in [3.63, 3.8) is 0 Å². The van der Waals surface area contributed by atoms with Gasteiger partial charge < -0.3 is 4.90 Å². The molecule has 0 amide bonds. The first-order valence-electron chi connectivity index (χ1n) is 6.87. The molecular weight excluding hydrogens is 222 g/mol. The number of diazo groups is 1. The standard InChI is InChI=1S/C15H22N3/c1-4-13-5-7-18(8-6-13)15-10-11(2)14(17-16)9-12(15)3/h9-10,13H,4-8H2,1-3H3/q+1. The Kier molecular flexibility index (Phi) is 3.86. The molecule has 0 unspecified atom stereocenters. The summed E-state index contributed by atoms with van der Waals surface area (Å²) in [6, 6.07) is 4.12. The van der Waals surface area contributed by atoms with Gasteiger partial charge in [-0.15, -0.1) is 0 Å². The Morgan fingerprint density at radius 2 is 1.89 bits per heavy atom. The number of anilines is 1. The van der Waals surface area contributed by atoms with Crippen LogP contribution in [0.15, 0.2) is 12.1 Å². The van der Waals surface area contributed by atoms with E-state index in [1.54, 1.807) is 0 Å². The van der Waals surface area contributed by atoms with Gasteiger partial charge in [0, 0.05) is 30.4 Å². The lowest BCUT2D eigenvalue weighted by atomic mass is 9.93. The van der Waals surface area contributed by atoms with Crippen molar-refractivity contribution >= 4 is 11.4 Å². The van der Waals surface area contributed by atoms with Gasteiger partial charge in [0.15, 0.2) is 4.98 Å². The van der Waals surface area contributed by atoms with Crippen LogP contribution in [0.1, 0.15) is 37.3 Å². The van der Waals surface area contributed by atoms with Crippen LogP contribution in [0.2, 0.25) is 0 Å². The van der Waals surface area contributed by atoms with E-state index in [9.17, 15) is 0 Å². The van der Waals surface area contributed by atoms with Gasteiger partial charge in [-0.2, -0.15) is 0 Å². The van der Waals surface area contributed by atoms with Crippen molar-refractivity contribution < 1.29 is 0 Å². The third kappa shape index (κ3) is 2.48. The van der Waals surface area contributed by atoms with E-state index in [-0.39, 0.29) is 0 Å². The van der Waals surface area contributed by atoms with E-state index in [1.165, 1.54) is 30.5 Å². The van der Waals surface area contributed by atoms with Crippen LogP contribution in [0.3, 0.4) is 0 Å². The topological polar surface area (TPSA) is 31.4 Å². The summed E-state index contributed by atoms with van der Waals surface area (Å²) in [5.74, 6) is 0.898. The number of hydrogen-bond acceptors (Lipinski definition) is 2. The summed E-state index contributed by atoms with van der Waals surface area (Å²) in [4.78, 5) is 5.79. The predicted molar refractivity (Wildman–Crippen MR) is 75.9 cm³/mol. The first-order chi connectivity index (χ1) is 8.65. The van der Waals surface area contributed by atoms with Crippen molar-refractivity contribution in [2.75, 3.05) is 18.0 Å². The largest absolute Gasteiger partial charge is 0.388 e. The van der Waals surface area contributed by atoms with E-state index >= 15 is 0 Å². The Balaban J connectivity index is 2.20. The van der Waals surface area contributed by atoms with E-state index < -0.39 is 0 Å². The highest BCUT2D eigenvalue weighted by Crippen LogP contribution is 2.32. The lowest BCUT2D eigenvalue weighted by molar-refractivity contribution is 0.395. The maximum atomic E-state index is 8.92. The van der Waals surface area contributed by atoms with Crippen LogP contribution in [0.25, 0.3) is 4.98 Å². The van der Waals surface area contributed by atoms with Crippen molar-refractivity contribution in [3.8, 4) is 0 Å². The third-order valence-corrected chi connectivity index (χ3v) is 4.15. The van der Waals surface area contributed by atoms with Gasteiger partial charge in [0.05, 0.1) is 0 Å². The first-order valence-corrected chi connectivity index (χ1v) is 6.87. The smallest absolute Gasteiger partial charge is 0.371 e. The van der Waals surface area contributed by atoms with Crippen molar-refractivity contribution in [2.45, 2.75) is 40.0 Å². The molecule has 1 aromatic carbocycles. The molecule has 0 aliphatic carbocycles. The van der Waals surface area contributed by atoms with Gasteiger partial charge in [-0.05, 0) is 44.2 Å². The maximum absolute atomic E-state index is 8.92. The molecule has 0 spiro atoms. The number of benzene rings is 1. The molecule has 3 heteroatoms. The van der Waals surface area contributed by atoms with E-state index in [0.29, 0.717) is 5.69 Å². The second kappa shape index (κ2) is 5.39. The molecule has 3 nitrogen and oxygen atoms in total. The Labute approximate surface area is 109 Å². The first kappa shape index (κ1) is 12.9. The van der Waals surface area contributed by atoms with Crippen LogP contribution in [0, 0.1) is 25.2 Å². The zero-order valence-corrected chi connectivity index (χ0v) is 11.6. The highest BCUT2D eigenvalue weighted by Gasteiger charge is 2.21. The number of rotatable bonds is 2. The lowest BCUT2D eigenvalue weighted by Crippen LogP contribution is -2.33. The second-order valence-electron chi connectivity index (χ2n) is 5.36. The summed E-state index contributed by atoms with van der Waals surface area (Å²) < 4.78 is 0. The highest BCUT2D eigenvalue weighted by molar-refractivity contribution is 5.65. The summed E-state index contributed by atoms with van der Waals surface area (Å²) in [5.41, 5.74) is 4.22. The van der Waals surface area contributed by atoms with Crippen molar-refractivity contribution in [3.05, 3.63) is 28.2 Å². The molecular formula is C15H22N3+. The Morgan fingerprint density at radius 1 is 1.22 bits per heavy atom. The minimum atomic E-state index is 0.680. The van der Waals surface area contributed by atoms with E-state index in [2.05, 4.69) is 29.8 Å². The summed E-state index contributed by atoms with van der Waals surface area (Å²) >= 11 is 0. The van der Waals surface area contributed by atoms with Gasteiger partial charge in [0.2, 0.25) is 5.39 Å². The molecule has 1 aliphatic heterocycles. The number of aryl methyl sites for hydroxylation is 2. The van der Waals surface area contributed by atoms with Gasteiger partial charge >= 0.3 is 5.69 Å². The summed E-state index contributed by atoms with van der Waals surface area (Å²) in [5, 5.41) is 8.92. The van der Waals surface area contributed by atoms with Crippen LogP contribution < -0.4 is 4.90 Å². The van der Waals surface area contributed by atoms with Crippen LogP contribution in [0.4, 0.5) is 11.4 Å². The Morgan fingerprint density at radius 3 is 2.44 bits per heavy atom. The Bertz CT molecular complexity index is 465. The van der Waals surface area contributed by atoms with Gasteiger partial charge in [-0.3, -0.25) is 0 Å². The summed E-state index contributed by atoms with van der Waals surface area (Å²) in [6.07, 6.45) is 3.89. The van der Waals surface area contributed by atoms with Crippen molar-refractivity contribution in [1.82, 2.24) is 0 Å². The van der Waals surface area contributed by atoms with Gasteiger partial charge in [-0.1, -0.05) is 13.3 Å². The fourth-order valence-corrected chi connectivity index (χ4v) is 2.82. The van der Waals surface area contributed by atoms with Gasteiger partial charge in [-0.25, -0.2) is 0 Å². The monoisotopic (exact) mass is 244 g/mol. The Hall–Kier alpha value is -1.56. The molecule has 1 aliphatic rings. The molecule has 18 heavy (non-hydrogen) atoms. The molecule has 0 saturated carbocycles. The molecule has 0 radical (unpaired) electrons. The van der Waals surface area contributed by atoms with Crippen LogP contribution in [-0.2, 0) is 0 Å². The van der Waals surface area contributed by atoms with Gasteiger partial charge in [0.1, 0.15) is 0 Å². The molecule has 1 saturated heterocycles. The maximum Gasteiger partial charge on any atom is 0.388 e. The SMILES string of the molecule is CCC1CCN(c2cc(C)c([N+]#N)cc2C)CC1. The quantitative estimate of drug-likeness (QED) is 0.721. The average molecular weight is 244 g/mol. The number of hydrogen-bond donors (Lipinski definition) is 0. The molecule has 0 N–H and O–H groups in total. The van der Waals surface area contributed by atoms with E-state index in [1.807, 2.05) is 13.0 Å². The summed E-state index contributed by atoms with van der Waals surface area (Å²) in [7, 11) is 0. The molecule has 1 heterocycles. The normalized spacial score (nSPS) is 16.7. The third-order valence-electron chi connectivity index (χ3n) is 4.15. The van der Waals surface area contributed by atoms with Crippen molar-refractivity contribution in [2.24, 2.45) is 5.92 Å². The van der Waals surface area contributed by atoms with Crippen LogP contribution >= 0.6 is 0 Å². The lowest BCUT2D eigenvalue weighted by Gasteiger charge is -2.34. The summed E-state index contributed by atoms with van der Waals surface area (Å²) in [6.45, 7) is 8.67. The molecule has 1 fully saturated rings. The fourth-order valence-electron chi connectivity index (χ4n) is 2.82. The van der Waals surface area contributed by atoms with E-state index in [4.69, 9.17) is 5.39 Å². The van der Waals surface area contributed by atoms with E-state index in [0.717, 1.165) is 24.6 Å². The predicted octanol–water partition coefficient (Wildman–Crippen LogP) is 4.41.